The second-order valence-electron chi connectivity index (χ2n) is 7.90. The Morgan fingerprint density at radius 2 is 1.58 bits per heavy atom. The highest BCUT2D eigenvalue weighted by atomic mass is 16.5. The number of nitrogens with one attached hydrogen (secondary N) is 3. The monoisotopic (exact) mass is 439 g/mol. The van der Waals surface area contributed by atoms with Crippen LogP contribution in [0.25, 0.3) is 0 Å². The molecule has 0 saturated carbocycles. The number of carbonyl (C=O) groups is 1. The van der Waals surface area contributed by atoms with Crippen LogP contribution in [0.4, 0.5) is 0 Å². The Labute approximate surface area is 189 Å². The van der Waals surface area contributed by atoms with E-state index in [0.29, 0.717) is 29.0 Å². The second kappa shape index (κ2) is 8.63. The van der Waals surface area contributed by atoms with Gasteiger partial charge in [0.05, 0.1) is 5.56 Å². The maximum absolute atomic E-state index is 13.0. The summed E-state index contributed by atoms with van der Waals surface area (Å²) in [5.41, 5.74) is 2.62. The first-order valence-corrected chi connectivity index (χ1v) is 10.6. The van der Waals surface area contributed by atoms with Crippen molar-refractivity contribution >= 4 is 5.91 Å². The fraction of sp³-hybridized carbons (Fsp3) is 0.115. The molecule has 1 aliphatic heterocycles. The molecule has 0 saturated heterocycles. The molecule has 3 aromatic carbocycles. The van der Waals surface area contributed by atoms with Crippen LogP contribution in [0.3, 0.4) is 0 Å². The molecule has 0 spiro atoms. The van der Waals surface area contributed by atoms with Crippen LogP contribution in [-0.2, 0) is 6.42 Å². The number of benzene rings is 3. The van der Waals surface area contributed by atoms with E-state index in [-0.39, 0.29) is 24.1 Å². The van der Waals surface area contributed by atoms with Crippen molar-refractivity contribution in [3.8, 4) is 11.6 Å². The maximum Gasteiger partial charge on any atom is 0.328 e. The first kappa shape index (κ1) is 20.5. The number of hydrogen-bond acceptors (Lipinski definition) is 4. The van der Waals surface area contributed by atoms with Crippen LogP contribution >= 0.6 is 0 Å². The quantitative estimate of drug-likeness (QED) is 0.391. The van der Waals surface area contributed by atoms with Crippen molar-refractivity contribution in [1.29, 1.82) is 0 Å². The van der Waals surface area contributed by atoms with Gasteiger partial charge in [-0.05, 0) is 29.3 Å². The highest BCUT2D eigenvalue weighted by molar-refractivity contribution is 5.94. The smallest absolute Gasteiger partial charge is 0.328 e. The molecule has 1 aliphatic rings. The van der Waals surface area contributed by atoms with E-state index in [4.69, 9.17) is 4.74 Å². The van der Waals surface area contributed by atoms with E-state index in [2.05, 4.69) is 39.6 Å². The molecule has 0 fully saturated rings. The number of rotatable bonds is 5. The number of carbonyl (C=O) groups excluding carboxylic acids is 1. The molecule has 3 N–H and O–H groups in total. The van der Waals surface area contributed by atoms with Crippen molar-refractivity contribution in [2.75, 3.05) is 6.54 Å². The Hall–Kier alpha value is -4.39. The lowest BCUT2D eigenvalue weighted by atomic mass is 9.91. The van der Waals surface area contributed by atoms with Crippen molar-refractivity contribution in [2.45, 2.75) is 12.3 Å². The Bertz CT molecular complexity index is 1390. The van der Waals surface area contributed by atoms with Gasteiger partial charge in [0.15, 0.2) is 0 Å². The van der Waals surface area contributed by atoms with Crippen molar-refractivity contribution in [3.05, 3.63) is 128 Å². The van der Waals surface area contributed by atoms with Crippen molar-refractivity contribution < 1.29 is 9.53 Å². The van der Waals surface area contributed by atoms with Gasteiger partial charge in [-0.2, -0.15) is 0 Å². The predicted octanol–water partition coefficient (Wildman–Crippen LogP) is 3.32. The van der Waals surface area contributed by atoms with E-state index in [9.17, 15) is 14.4 Å². The van der Waals surface area contributed by atoms with Crippen molar-refractivity contribution in [1.82, 2.24) is 15.3 Å². The van der Waals surface area contributed by atoms with Gasteiger partial charge in [0, 0.05) is 30.0 Å². The zero-order valence-electron chi connectivity index (χ0n) is 17.6. The van der Waals surface area contributed by atoms with Crippen LogP contribution in [0.1, 0.15) is 38.5 Å². The molecule has 33 heavy (non-hydrogen) atoms. The molecular weight excluding hydrogens is 418 g/mol. The Morgan fingerprint density at radius 3 is 2.24 bits per heavy atom. The first-order valence-electron chi connectivity index (χ1n) is 10.6. The molecular formula is C26H21N3O4. The molecule has 0 unspecified atom stereocenters. The summed E-state index contributed by atoms with van der Waals surface area (Å²) in [4.78, 5) is 41.3. The molecule has 1 aromatic heterocycles. The van der Waals surface area contributed by atoms with Crippen LogP contribution < -0.4 is 21.3 Å². The summed E-state index contributed by atoms with van der Waals surface area (Å²) >= 11 is 0. The summed E-state index contributed by atoms with van der Waals surface area (Å²) in [6, 6.07) is 25.2. The number of hydrogen-bond donors (Lipinski definition) is 3. The maximum atomic E-state index is 13.0. The van der Waals surface area contributed by atoms with Gasteiger partial charge in [0.1, 0.15) is 5.75 Å². The summed E-state index contributed by atoms with van der Waals surface area (Å²) < 4.78 is 5.68. The third kappa shape index (κ3) is 4.21. The fourth-order valence-corrected chi connectivity index (χ4v) is 4.09. The molecule has 7 heteroatoms. The summed E-state index contributed by atoms with van der Waals surface area (Å²) in [6.07, 6.45) is 0.258. The van der Waals surface area contributed by atoms with Gasteiger partial charge in [0.25, 0.3) is 11.5 Å². The van der Waals surface area contributed by atoms with Crippen molar-refractivity contribution in [3.63, 3.8) is 0 Å². The van der Waals surface area contributed by atoms with Crippen LogP contribution in [0.2, 0.25) is 0 Å². The van der Waals surface area contributed by atoms with E-state index < -0.39 is 11.2 Å². The minimum Gasteiger partial charge on any atom is -0.440 e. The standard InChI is InChI=1S/C26H21N3O4/c30-23(27-15-21(16-7-3-1-4-8-16)17-9-5-2-6-10-17)18-11-12-22-19(13-18)14-20-24(31)28-26(32)29-25(20)33-22/h1-13,21H,14-15H2,(H,27,30)(H2,28,29,31,32). The minimum atomic E-state index is -0.621. The average Bonchev–Trinajstić information content (AvgIpc) is 2.84. The third-order valence-corrected chi connectivity index (χ3v) is 5.77. The zero-order valence-corrected chi connectivity index (χ0v) is 17.6. The van der Waals surface area contributed by atoms with E-state index >= 15 is 0 Å². The van der Waals surface area contributed by atoms with Crippen LogP contribution in [0.5, 0.6) is 11.6 Å². The molecule has 5 rings (SSSR count). The minimum absolute atomic E-state index is 0.0135. The molecule has 0 atom stereocenters. The molecule has 1 amide bonds. The normalized spacial score (nSPS) is 11.9. The molecule has 0 bridgehead atoms. The second-order valence-corrected chi connectivity index (χ2v) is 7.90. The predicted molar refractivity (Wildman–Crippen MR) is 124 cm³/mol. The van der Waals surface area contributed by atoms with Crippen LogP contribution in [0, 0.1) is 0 Å². The van der Waals surface area contributed by atoms with Crippen LogP contribution in [0.15, 0.2) is 88.5 Å². The van der Waals surface area contributed by atoms with Crippen molar-refractivity contribution in [2.24, 2.45) is 0 Å². The first-order chi connectivity index (χ1) is 16.1. The zero-order chi connectivity index (χ0) is 22.8. The molecule has 4 aromatic rings. The molecule has 2 heterocycles. The lowest BCUT2D eigenvalue weighted by Gasteiger charge is -2.20. The van der Waals surface area contributed by atoms with Gasteiger partial charge in [0.2, 0.25) is 5.88 Å². The number of aromatic nitrogens is 2. The van der Waals surface area contributed by atoms with Gasteiger partial charge in [-0.25, -0.2) is 4.79 Å². The van der Waals surface area contributed by atoms with E-state index in [1.165, 1.54) is 0 Å². The highest BCUT2D eigenvalue weighted by Crippen LogP contribution is 2.33. The number of fused-ring (bicyclic) bond motifs is 2. The van der Waals surface area contributed by atoms with E-state index in [0.717, 1.165) is 11.1 Å². The van der Waals surface area contributed by atoms with Gasteiger partial charge in [-0.3, -0.25) is 19.6 Å². The number of aromatic amines is 2. The molecule has 7 nitrogen and oxygen atoms in total. The highest BCUT2D eigenvalue weighted by Gasteiger charge is 2.23. The van der Waals surface area contributed by atoms with E-state index in [1.807, 2.05) is 36.4 Å². The summed E-state index contributed by atoms with van der Waals surface area (Å²) in [5, 5.41) is 3.05. The Morgan fingerprint density at radius 1 is 0.909 bits per heavy atom. The molecule has 0 radical (unpaired) electrons. The summed E-state index contributed by atoms with van der Waals surface area (Å²) in [6.45, 7) is 0.435. The SMILES string of the molecule is O=C(NCC(c1ccccc1)c1ccccc1)c1ccc2c(c1)Cc1c([nH]c(=O)[nH]c1=O)O2. The van der Waals surface area contributed by atoms with Crippen LogP contribution in [-0.4, -0.2) is 22.4 Å². The van der Waals surface area contributed by atoms with Gasteiger partial charge in [-0.1, -0.05) is 60.7 Å². The molecule has 0 aliphatic carbocycles. The van der Waals surface area contributed by atoms with Gasteiger partial charge in [-0.15, -0.1) is 0 Å². The average molecular weight is 439 g/mol. The lowest BCUT2D eigenvalue weighted by Crippen LogP contribution is -2.30. The number of amides is 1. The largest absolute Gasteiger partial charge is 0.440 e. The third-order valence-electron chi connectivity index (χ3n) is 5.77. The van der Waals surface area contributed by atoms with Gasteiger partial charge < -0.3 is 10.1 Å². The Kier molecular flexibility index (Phi) is 5.36. The number of ether oxygens (including phenoxy) is 1. The lowest BCUT2D eigenvalue weighted by molar-refractivity contribution is 0.0952. The summed E-state index contributed by atoms with van der Waals surface area (Å²) in [5.74, 6) is 0.448. The number of H-pyrrole nitrogens is 2. The molecule has 164 valence electrons. The van der Waals surface area contributed by atoms with Gasteiger partial charge >= 0.3 is 5.69 Å². The van der Waals surface area contributed by atoms with E-state index in [1.54, 1.807) is 18.2 Å². The summed E-state index contributed by atoms with van der Waals surface area (Å²) in [7, 11) is 0. The topological polar surface area (TPSA) is 104 Å². The Balaban J connectivity index is 1.36. The fourth-order valence-electron chi connectivity index (χ4n) is 4.09.